The molecule has 0 spiro atoms. The highest BCUT2D eigenvalue weighted by Gasteiger charge is 2.35. The van der Waals surface area contributed by atoms with E-state index >= 15 is 0 Å². The number of aromatic hydroxyl groups is 1. The Morgan fingerprint density at radius 3 is 2.66 bits per heavy atom. The van der Waals surface area contributed by atoms with Gasteiger partial charge in [-0.2, -0.15) is 0 Å². The predicted molar refractivity (Wildman–Crippen MR) is 127 cm³/mol. The van der Waals surface area contributed by atoms with Gasteiger partial charge in [0.1, 0.15) is 5.75 Å². The average Bonchev–Trinajstić information content (AvgIpc) is 3.11. The summed E-state index contributed by atoms with van der Waals surface area (Å²) in [6.45, 7) is 2.48. The lowest BCUT2D eigenvalue weighted by molar-refractivity contribution is -0.113. The first-order valence-corrected chi connectivity index (χ1v) is 10.7. The molecule has 8 heteroatoms. The number of phenols is 1. The third-order valence-corrected chi connectivity index (χ3v) is 5.54. The van der Waals surface area contributed by atoms with Crippen molar-refractivity contribution in [1.29, 1.82) is 0 Å². The summed E-state index contributed by atoms with van der Waals surface area (Å²) in [7, 11) is 1.48. The number of carbonyl (C=O) groups is 1. The van der Waals surface area contributed by atoms with Crippen LogP contribution in [0.15, 0.2) is 76.8 Å². The van der Waals surface area contributed by atoms with Crippen molar-refractivity contribution < 1.29 is 19.4 Å². The normalized spacial score (nSPS) is 16.1. The lowest BCUT2D eigenvalue weighted by atomic mass is 10.2. The molecule has 4 rings (SSSR count). The van der Waals surface area contributed by atoms with E-state index in [2.05, 4.69) is 9.98 Å². The van der Waals surface area contributed by atoms with Crippen molar-refractivity contribution in [2.75, 3.05) is 18.6 Å². The van der Waals surface area contributed by atoms with E-state index in [9.17, 15) is 9.90 Å². The number of hydrogen-bond acceptors (Lipinski definition) is 7. The Morgan fingerprint density at radius 2 is 1.97 bits per heavy atom. The fraction of sp³-hybridized carbons (Fsp3) is 0.125. The lowest BCUT2D eigenvalue weighted by Gasteiger charge is -2.16. The maximum Gasteiger partial charge on any atom is 0.271 e. The fourth-order valence-corrected chi connectivity index (χ4v) is 4.08. The number of nitrogens with zero attached hydrogens (tertiary/aromatic N) is 3. The number of aromatic nitrogens is 1. The standard InChI is InChI=1S/C24H21N3O4S/c1-3-31-18-10-8-17(9-11-18)27-23(29)21(15-16-7-12-19(28)20(14-16)30-2)32-24(27)26-22-6-4-5-13-25-22/h4-15,28H,3H2,1-2H3/b21-15-,26-24-. The van der Waals surface area contributed by atoms with E-state index in [-0.39, 0.29) is 11.7 Å². The molecule has 2 aromatic carbocycles. The van der Waals surface area contributed by atoms with Crippen LogP contribution in [0.1, 0.15) is 12.5 Å². The SMILES string of the molecule is CCOc1ccc(N2C(=O)/C(=C/c3ccc(O)c(OC)c3)S/C2=N\c2ccccn2)cc1. The Morgan fingerprint density at radius 1 is 1.16 bits per heavy atom. The third kappa shape index (κ3) is 4.60. The first kappa shape index (κ1) is 21.5. The highest BCUT2D eigenvalue weighted by atomic mass is 32.2. The Kier molecular flexibility index (Phi) is 6.42. The molecular formula is C24H21N3O4S. The molecule has 1 fully saturated rings. The molecule has 1 aromatic heterocycles. The number of phenolic OH excluding ortho intramolecular Hbond substituents is 1. The zero-order chi connectivity index (χ0) is 22.5. The fourth-order valence-electron chi connectivity index (χ4n) is 3.09. The van der Waals surface area contributed by atoms with Gasteiger partial charge in [0, 0.05) is 6.20 Å². The summed E-state index contributed by atoms with van der Waals surface area (Å²) in [5, 5.41) is 10.3. The lowest BCUT2D eigenvalue weighted by Crippen LogP contribution is -2.28. The number of ether oxygens (including phenoxy) is 2. The van der Waals surface area contributed by atoms with Crippen LogP contribution < -0.4 is 14.4 Å². The van der Waals surface area contributed by atoms with E-state index in [1.54, 1.807) is 35.4 Å². The summed E-state index contributed by atoms with van der Waals surface area (Å²) in [6.07, 6.45) is 3.40. The van der Waals surface area contributed by atoms with Crippen LogP contribution >= 0.6 is 11.8 Å². The summed E-state index contributed by atoms with van der Waals surface area (Å²) in [4.78, 5) is 24.3. The topological polar surface area (TPSA) is 84.2 Å². The van der Waals surface area contributed by atoms with E-state index in [0.717, 1.165) is 11.3 Å². The van der Waals surface area contributed by atoms with Crippen molar-refractivity contribution in [2.45, 2.75) is 6.92 Å². The van der Waals surface area contributed by atoms with Gasteiger partial charge in [-0.25, -0.2) is 9.98 Å². The van der Waals surface area contributed by atoms with Crippen LogP contribution in [-0.4, -0.2) is 34.9 Å². The van der Waals surface area contributed by atoms with Crippen molar-refractivity contribution in [1.82, 2.24) is 4.98 Å². The number of anilines is 1. The monoisotopic (exact) mass is 447 g/mol. The molecule has 1 saturated heterocycles. The van der Waals surface area contributed by atoms with Gasteiger partial charge in [0.25, 0.3) is 5.91 Å². The van der Waals surface area contributed by atoms with E-state index in [0.29, 0.717) is 33.9 Å². The highest BCUT2D eigenvalue weighted by molar-refractivity contribution is 8.19. The largest absolute Gasteiger partial charge is 0.504 e. The van der Waals surface area contributed by atoms with Crippen molar-refractivity contribution in [3.05, 3.63) is 77.3 Å². The number of carbonyl (C=O) groups excluding carboxylic acids is 1. The Labute approximate surface area is 190 Å². The first-order valence-electron chi connectivity index (χ1n) is 9.92. The van der Waals surface area contributed by atoms with Crippen LogP contribution in [0.4, 0.5) is 11.5 Å². The van der Waals surface area contributed by atoms with E-state index < -0.39 is 0 Å². The van der Waals surface area contributed by atoms with Gasteiger partial charge >= 0.3 is 0 Å². The molecule has 7 nitrogen and oxygen atoms in total. The third-order valence-electron chi connectivity index (χ3n) is 4.57. The van der Waals surface area contributed by atoms with Gasteiger partial charge in [0.05, 0.1) is 24.3 Å². The second kappa shape index (κ2) is 9.57. The smallest absolute Gasteiger partial charge is 0.271 e. The van der Waals surface area contributed by atoms with E-state index in [1.807, 2.05) is 43.3 Å². The van der Waals surface area contributed by atoms with Crippen LogP contribution in [0.5, 0.6) is 17.2 Å². The number of pyridine rings is 1. The molecule has 0 atom stereocenters. The van der Waals surface area contributed by atoms with Gasteiger partial charge in [-0.15, -0.1) is 0 Å². The van der Waals surface area contributed by atoms with Gasteiger partial charge in [-0.05, 0) is 78.9 Å². The highest BCUT2D eigenvalue weighted by Crippen LogP contribution is 2.38. The van der Waals surface area contributed by atoms with E-state index in [1.165, 1.54) is 24.9 Å². The molecule has 1 N–H and O–H groups in total. The zero-order valence-electron chi connectivity index (χ0n) is 17.6. The van der Waals surface area contributed by atoms with Crippen molar-refractivity contribution in [3.63, 3.8) is 0 Å². The number of thioether (sulfide) groups is 1. The second-order valence-electron chi connectivity index (χ2n) is 6.69. The second-order valence-corrected chi connectivity index (χ2v) is 7.70. The van der Waals surface area contributed by atoms with Gasteiger partial charge in [0.15, 0.2) is 22.5 Å². The Bertz CT molecular complexity index is 1180. The molecule has 0 bridgehead atoms. The molecule has 0 unspecified atom stereocenters. The number of methoxy groups -OCH3 is 1. The molecular weight excluding hydrogens is 426 g/mol. The van der Waals surface area contributed by atoms with Crippen LogP contribution in [0.25, 0.3) is 6.08 Å². The number of amidine groups is 1. The van der Waals surface area contributed by atoms with Gasteiger partial charge in [-0.1, -0.05) is 12.1 Å². The average molecular weight is 448 g/mol. The molecule has 2 heterocycles. The Balaban J connectivity index is 1.73. The summed E-state index contributed by atoms with van der Waals surface area (Å²) in [5.41, 5.74) is 1.40. The quantitative estimate of drug-likeness (QED) is 0.535. The maximum atomic E-state index is 13.4. The van der Waals surface area contributed by atoms with Crippen LogP contribution in [0.3, 0.4) is 0 Å². The summed E-state index contributed by atoms with van der Waals surface area (Å²) < 4.78 is 10.7. The number of hydrogen-bond donors (Lipinski definition) is 1. The number of amides is 1. The van der Waals surface area contributed by atoms with Crippen LogP contribution in [0.2, 0.25) is 0 Å². The number of aliphatic imine (C=N–C) groups is 1. The summed E-state index contributed by atoms with van der Waals surface area (Å²) in [5.74, 6) is 1.40. The molecule has 0 saturated carbocycles. The van der Waals surface area contributed by atoms with Crippen molar-refractivity contribution in [2.24, 2.45) is 4.99 Å². The molecule has 32 heavy (non-hydrogen) atoms. The van der Waals surface area contributed by atoms with Gasteiger partial charge in [-0.3, -0.25) is 9.69 Å². The molecule has 1 aliphatic rings. The molecule has 162 valence electrons. The molecule has 0 aliphatic carbocycles. The number of benzene rings is 2. The van der Waals surface area contributed by atoms with E-state index in [4.69, 9.17) is 9.47 Å². The minimum Gasteiger partial charge on any atom is -0.504 e. The van der Waals surface area contributed by atoms with Crippen LogP contribution in [-0.2, 0) is 4.79 Å². The van der Waals surface area contributed by atoms with Gasteiger partial charge in [0.2, 0.25) is 0 Å². The summed E-state index contributed by atoms with van der Waals surface area (Å²) in [6, 6.07) is 17.6. The van der Waals surface area contributed by atoms with Crippen molar-refractivity contribution in [3.8, 4) is 17.2 Å². The minimum absolute atomic E-state index is 0.0356. The zero-order valence-corrected chi connectivity index (χ0v) is 18.4. The van der Waals surface area contributed by atoms with Gasteiger partial charge < -0.3 is 14.6 Å². The molecule has 0 radical (unpaired) electrons. The molecule has 1 amide bonds. The number of rotatable bonds is 6. The predicted octanol–water partition coefficient (Wildman–Crippen LogP) is 5.00. The summed E-state index contributed by atoms with van der Waals surface area (Å²) >= 11 is 1.26. The minimum atomic E-state index is -0.208. The molecule has 3 aromatic rings. The van der Waals surface area contributed by atoms with Crippen molar-refractivity contribution >= 4 is 40.4 Å². The first-order chi connectivity index (χ1) is 15.6. The Hall–Kier alpha value is -3.78. The van der Waals surface area contributed by atoms with Crippen LogP contribution in [0, 0.1) is 0 Å². The maximum absolute atomic E-state index is 13.4. The molecule has 1 aliphatic heterocycles.